The molecule has 14 heavy (non-hydrogen) atoms. The van der Waals surface area contributed by atoms with E-state index in [0.29, 0.717) is 0 Å². The largest absolute Gasteiger partial charge is 0.443 e. The van der Waals surface area contributed by atoms with Gasteiger partial charge < -0.3 is 10.2 Å². The van der Waals surface area contributed by atoms with Gasteiger partial charge in [0.25, 0.3) is 0 Å². The lowest BCUT2D eigenvalue weighted by Crippen LogP contribution is -2.15. The molecular formula is C11H14N2O. The van der Waals surface area contributed by atoms with Gasteiger partial charge in [0.15, 0.2) is 12.0 Å². The number of fused-ring (bicyclic) bond motifs is 1. The summed E-state index contributed by atoms with van der Waals surface area (Å²) in [5.74, 6) is 0. The van der Waals surface area contributed by atoms with Crippen LogP contribution in [0.4, 0.5) is 0 Å². The van der Waals surface area contributed by atoms with Crippen molar-refractivity contribution in [3.63, 3.8) is 0 Å². The van der Waals surface area contributed by atoms with E-state index in [4.69, 9.17) is 10.2 Å². The smallest absolute Gasteiger partial charge is 0.181 e. The van der Waals surface area contributed by atoms with Crippen molar-refractivity contribution < 1.29 is 4.42 Å². The van der Waals surface area contributed by atoms with E-state index in [0.717, 1.165) is 23.9 Å². The molecule has 0 saturated carbocycles. The molecule has 1 unspecified atom stereocenters. The van der Waals surface area contributed by atoms with E-state index in [1.165, 1.54) is 12.0 Å². The quantitative estimate of drug-likeness (QED) is 0.806. The number of nitrogens with two attached hydrogens (primary N) is 1. The molecule has 2 aromatic rings. The van der Waals surface area contributed by atoms with Crippen molar-refractivity contribution in [2.45, 2.75) is 25.8 Å². The molecule has 0 aliphatic rings. The molecule has 2 N–H and O–H groups in total. The van der Waals surface area contributed by atoms with Crippen LogP contribution in [0.2, 0.25) is 0 Å². The van der Waals surface area contributed by atoms with Crippen molar-refractivity contribution in [3.8, 4) is 0 Å². The summed E-state index contributed by atoms with van der Waals surface area (Å²) in [4.78, 5) is 4.11. The first-order valence-electron chi connectivity index (χ1n) is 4.83. The minimum Gasteiger partial charge on any atom is -0.443 e. The number of rotatable bonds is 3. The predicted octanol–water partition coefficient (Wildman–Crippen LogP) is 2.11. The van der Waals surface area contributed by atoms with E-state index in [-0.39, 0.29) is 6.04 Å². The first-order valence-corrected chi connectivity index (χ1v) is 4.83. The van der Waals surface area contributed by atoms with Crippen LogP contribution in [0.15, 0.2) is 29.0 Å². The molecule has 1 atom stereocenters. The summed E-state index contributed by atoms with van der Waals surface area (Å²) in [5, 5.41) is 0. The highest BCUT2D eigenvalue weighted by atomic mass is 16.3. The lowest BCUT2D eigenvalue weighted by molar-refractivity contribution is 0.602. The number of hydrogen-bond donors (Lipinski definition) is 1. The van der Waals surface area contributed by atoms with Gasteiger partial charge in [0.2, 0.25) is 0 Å². The predicted molar refractivity (Wildman–Crippen MR) is 56.0 cm³/mol. The van der Waals surface area contributed by atoms with Crippen molar-refractivity contribution in [1.82, 2.24) is 4.98 Å². The minimum atomic E-state index is 0.253. The second-order valence-corrected chi connectivity index (χ2v) is 3.67. The molecule has 0 saturated heterocycles. The fourth-order valence-electron chi connectivity index (χ4n) is 1.45. The first kappa shape index (κ1) is 9.21. The molecule has 0 spiro atoms. The highest BCUT2D eigenvalue weighted by Crippen LogP contribution is 2.15. The van der Waals surface area contributed by atoms with Crippen LogP contribution in [-0.2, 0) is 6.42 Å². The fraction of sp³-hybridized carbons (Fsp3) is 0.364. The fourth-order valence-corrected chi connectivity index (χ4v) is 1.45. The normalized spacial score (nSPS) is 13.3. The van der Waals surface area contributed by atoms with Gasteiger partial charge >= 0.3 is 0 Å². The van der Waals surface area contributed by atoms with Crippen LogP contribution >= 0.6 is 0 Å². The average Bonchev–Trinajstić information content (AvgIpc) is 2.61. The van der Waals surface area contributed by atoms with Gasteiger partial charge in [0, 0.05) is 6.04 Å². The molecule has 74 valence electrons. The molecule has 1 aromatic heterocycles. The van der Waals surface area contributed by atoms with Gasteiger partial charge in [-0.2, -0.15) is 0 Å². The third-order valence-electron chi connectivity index (χ3n) is 2.28. The second-order valence-electron chi connectivity index (χ2n) is 3.67. The molecule has 3 nitrogen and oxygen atoms in total. The summed E-state index contributed by atoms with van der Waals surface area (Å²) in [6, 6.07) is 6.33. The Morgan fingerprint density at radius 2 is 2.36 bits per heavy atom. The minimum absolute atomic E-state index is 0.253. The molecule has 1 aromatic carbocycles. The average molecular weight is 190 g/mol. The molecule has 0 radical (unpaired) electrons. The van der Waals surface area contributed by atoms with E-state index in [9.17, 15) is 0 Å². The molecule has 0 fully saturated rings. The van der Waals surface area contributed by atoms with Crippen LogP contribution in [0.5, 0.6) is 0 Å². The third-order valence-corrected chi connectivity index (χ3v) is 2.28. The maximum Gasteiger partial charge on any atom is 0.181 e. The Kier molecular flexibility index (Phi) is 2.50. The number of aryl methyl sites for hydroxylation is 1. The maximum atomic E-state index is 5.70. The van der Waals surface area contributed by atoms with Crippen molar-refractivity contribution in [2.24, 2.45) is 5.73 Å². The van der Waals surface area contributed by atoms with Crippen molar-refractivity contribution in [2.75, 3.05) is 0 Å². The van der Waals surface area contributed by atoms with Gasteiger partial charge in [-0.3, -0.25) is 0 Å². The first-order chi connectivity index (χ1) is 6.75. The zero-order valence-electron chi connectivity index (χ0n) is 8.23. The standard InChI is InChI=1S/C11H14N2O/c1-8(12)2-3-9-4-5-11-10(6-9)13-7-14-11/h4-8H,2-3,12H2,1H3. The molecule has 2 rings (SSSR count). The van der Waals surface area contributed by atoms with E-state index in [1.54, 1.807) is 0 Å². The van der Waals surface area contributed by atoms with Gasteiger partial charge in [-0.1, -0.05) is 6.07 Å². The SMILES string of the molecule is CC(N)CCc1ccc2ocnc2c1. The maximum absolute atomic E-state index is 5.70. The van der Waals surface area contributed by atoms with Crippen LogP contribution < -0.4 is 5.73 Å². The van der Waals surface area contributed by atoms with Gasteiger partial charge in [0.05, 0.1) is 0 Å². The van der Waals surface area contributed by atoms with E-state index < -0.39 is 0 Å². The van der Waals surface area contributed by atoms with Gasteiger partial charge in [-0.05, 0) is 37.5 Å². The molecular weight excluding hydrogens is 176 g/mol. The Morgan fingerprint density at radius 3 is 3.14 bits per heavy atom. The van der Waals surface area contributed by atoms with E-state index >= 15 is 0 Å². The van der Waals surface area contributed by atoms with Crippen LogP contribution in [0.25, 0.3) is 11.1 Å². The number of benzene rings is 1. The van der Waals surface area contributed by atoms with Crippen molar-refractivity contribution in [1.29, 1.82) is 0 Å². The van der Waals surface area contributed by atoms with Crippen molar-refractivity contribution in [3.05, 3.63) is 30.2 Å². The topological polar surface area (TPSA) is 52.0 Å². The molecule has 0 amide bonds. The highest BCUT2D eigenvalue weighted by molar-refractivity contribution is 5.72. The Balaban J connectivity index is 2.17. The Hall–Kier alpha value is -1.35. The van der Waals surface area contributed by atoms with Crippen molar-refractivity contribution >= 4 is 11.1 Å². The summed E-state index contributed by atoms with van der Waals surface area (Å²) in [7, 11) is 0. The lowest BCUT2D eigenvalue weighted by Gasteiger charge is -2.04. The molecule has 0 bridgehead atoms. The Labute approximate surface area is 82.9 Å². The monoisotopic (exact) mass is 190 g/mol. The Morgan fingerprint density at radius 1 is 1.50 bits per heavy atom. The summed E-state index contributed by atoms with van der Waals surface area (Å²) < 4.78 is 5.16. The number of aromatic nitrogens is 1. The third kappa shape index (κ3) is 1.93. The summed E-state index contributed by atoms with van der Waals surface area (Å²) in [6.45, 7) is 2.02. The number of nitrogens with zero attached hydrogens (tertiary/aromatic N) is 1. The van der Waals surface area contributed by atoms with E-state index in [1.807, 2.05) is 13.0 Å². The summed E-state index contributed by atoms with van der Waals surface area (Å²) in [5.41, 5.74) is 8.73. The molecule has 1 heterocycles. The number of oxazole rings is 1. The molecule has 0 aliphatic heterocycles. The van der Waals surface area contributed by atoms with E-state index in [2.05, 4.69) is 17.1 Å². The van der Waals surface area contributed by atoms with Crippen LogP contribution in [0.3, 0.4) is 0 Å². The van der Waals surface area contributed by atoms with Gasteiger partial charge in [0.1, 0.15) is 5.52 Å². The lowest BCUT2D eigenvalue weighted by atomic mass is 10.1. The number of hydrogen-bond acceptors (Lipinski definition) is 3. The summed E-state index contributed by atoms with van der Waals surface area (Å²) >= 11 is 0. The second kappa shape index (κ2) is 3.80. The zero-order valence-corrected chi connectivity index (χ0v) is 8.23. The van der Waals surface area contributed by atoms with Crippen LogP contribution in [-0.4, -0.2) is 11.0 Å². The Bertz CT molecular complexity index is 420. The molecule has 0 aliphatic carbocycles. The van der Waals surface area contributed by atoms with Gasteiger partial charge in [-0.25, -0.2) is 4.98 Å². The highest BCUT2D eigenvalue weighted by Gasteiger charge is 2.01. The van der Waals surface area contributed by atoms with Crippen LogP contribution in [0, 0.1) is 0 Å². The zero-order chi connectivity index (χ0) is 9.97. The van der Waals surface area contributed by atoms with Crippen LogP contribution in [0.1, 0.15) is 18.9 Å². The molecule has 3 heteroatoms. The van der Waals surface area contributed by atoms with Gasteiger partial charge in [-0.15, -0.1) is 0 Å². The summed E-state index contributed by atoms with van der Waals surface area (Å²) in [6.07, 6.45) is 3.48.